The molecule has 2 heterocycles. The number of likely N-dealkylation sites (tertiary alicyclic amines) is 1. The van der Waals surface area contributed by atoms with Gasteiger partial charge in [0.1, 0.15) is 5.82 Å². The van der Waals surface area contributed by atoms with E-state index in [1.165, 1.54) is 17.0 Å². The van der Waals surface area contributed by atoms with E-state index in [2.05, 4.69) is 15.6 Å². The van der Waals surface area contributed by atoms with Crippen molar-refractivity contribution in [3.05, 3.63) is 41.5 Å². The van der Waals surface area contributed by atoms with Crippen LogP contribution in [0.3, 0.4) is 0 Å². The number of benzene rings is 1. The summed E-state index contributed by atoms with van der Waals surface area (Å²) in [6.45, 7) is 2.00. The van der Waals surface area contributed by atoms with Crippen molar-refractivity contribution in [1.82, 2.24) is 25.2 Å². The second-order valence-corrected chi connectivity index (χ2v) is 6.63. The van der Waals surface area contributed by atoms with Crippen molar-refractivity contribution in [3.8, 4) is 5.69 Å². The first kappa shape index (κ1) is 21.5. The first-order valence-electron chi connectivity index (χ1n) is 9.22. The summed E-state index contributed by atoms with van der Waals surface area (Å²) < 4.78 is 59.9. The summed E-state index contributed by atoms with van der Waals surface area (Å²) in [6.07, 6.45) is -4.60. The van der Waals surface area contributed by atoms with Gasteiger partial charge in [0.25, 0.3) is 5.91 Å². The molecule has 0 saturated carbocycles. The van der Waals surface area contributed by atoms with Gasteiger partial charge in [-0.25, -0.2) is 13.9 Å². The summed E-state index contributed by atoms with van der Waals surface area (Å²) in [5, 5.41) is 9.47. The minimum atomic E-state index is -4.96. The summed E-state index contributed by atoms with van der Waals surface area (Å²) in [6, 6.07) is 3.92. The molecule has 1 aliphatic heterocycles. The standard InChI is InChI=1S/C18H19F4N5O3/c1-2-30-17(29)23-12-6-4-8-26(10-12)16(28)14-15(18(20,21)22)27(25-24-14)13-7-3-5-11(19)9-13/h3,5,7,9,12H,2,4,6,8,10H2,1H3,(H,23,29). The number of ether oxygens (including phenoxy) is 1. The van der Waals surface area contributed by atoms with Crippen LogP contribution in [-0.4, -0.2) is 57.6 Å². The molecule has 30 heavy (non-hydrogen) atoms. The van der Waals surface area contributed by atoms with Gasteiger partial charge in [0.05, 0.1) is 12.3 Å². The lowest BCUT2D eigenvalue weighted by atomic mass is 10.1. The van der Waals surface area contributed by atoms with Crippen LogP contribution in [0.15, 0.2) is 24.3 Å². The van der Waals surface area contributed by atoms with E-state index >= 15 is 0 Å². The third kappa shape index (κ3) is 4.69. The molecule has 0 bridgehead atoms. The van der Waals surface area contributed by atoms with Crippen LogP contribution in [0.4, 0.5) is 22.4 Å². The lowest BCUT2D eigenvalue weighted by molar-refractivity contribution is -0.143. The zero-order valence-electron chi connectivity index (χ0n) is 15.9. The van der Waals surface area contributed by atoms with Crippen molar-refractivity contribution in [3.63, 3.8) is 0 Å². The molecule has 1 saturated heterocycles. The summed E-state index contributed by atoms with van der Waals surface area (Å²) in [5.74, 6) is -1.73. The number of piperidine rings is 1. The third-order valence-electron chi connectivity index (χ3n) is 4.50. The number of alkyl halides is 3. The van der Waals surface area contributed by atoms with Crippen molar-refractivity contribution < 1.29 is 31.9 Å². The van der Waals surface area contributed by atoms with E-state index in [1.54, 1.807) is 6.92 Å². The Morgan fingerprint density at radius 2 is 2.10 bits per heavy atom. The van der Waals surface area contributed by atoms with E-state index in [9.17, 15) is 27.2 Å². The Balaban J connectivity index is 1.88. The van der Waals surface area contributed by atoms with Gasteiger partial charge in [0, 0.05) is 19.1 Å². The van der Waals surface area contributed by atoms with Crippen molar-refractivity contribution in [2.45, 2.75) is 32.0 Å². The zero-order chi connectivity index (χ0) is 21.9. The Kier molecular flexibility index (Phi) is 6.22. The van der Waals surface area contributed by atoms with Gasteiger partial charge in [0.15, 0.2) is 11.4 Å². The van der Waals surface area contributed by atoms with Crippen LogP contribution >= 0.6 is 0 Å². The highest BCUT2D eigenvalue weighted by molar-refractivity contribution is 5.93. The van der Waals surface area contributed by atoms with Crippen LogP contribution in [-0.2, 0) is 10.9 Å². The van der Waals surface area contributed by atoms with Gasteiger partial charge < -0.3 is 15.0 Å². The number of hydrogen-bond acceptors (Lipinski definition) is 5. The van der Waals surface area contributed by atoms with Crippen molar-refractivity contribution >= 4 is 12.0 Å². The van der Waals surface area contributed by atoms with Crippen molar-refractivity contribution in [1.29, 1.82) is 0 Å². The Bertz CT molecular complexity index is 931. The average Bonchev–Trinajstić information content (AvgIpc) is 3.13. The average molecular weight is 429 g/mol. The van der Waals surface area contributed by atoms with Gasteiger partial charge >= 0.3 is 12.3 Å². The smallest absolute Gasteiger partial charge is 0.435 e. The van der Waals surface area contributed by atoms with Gasteiger partial charge in [-0.05, 0) is 38.0 Å². The molecule has 1 aliphatic rings. The maximum absolute atomic E-state index is 13.8. The predicted molar refractivity (Wildman–Crippen MR) is 95.4 cm³/mol. The number of carbonyl (C=O) groups excluding carboxylic acids is 2. The number of carbonyl (C=O) groups is 2. The Morgan fingerprint density at radius 1 is 1.33 bits per heavy atom. The number of nitrogens with one attached hydrogen (secondary N) is 1. The molecule has 1 fully saturated rings. The summed E-state index contributed by atoms with van der Waals surface area (Å²) in [7, 11) is 0. The molecular formula is C18H19F4N5O3. The van der Waals surface area contributed by atoms with E-state index in [-0.39, 0.29) is 25.4 Å². The monoisotopic (exact) mass is 429 g/mol. The highest BCUT2D eigenvalue weighted by Crippen LogP contribution is 2.33. The van der Waals surface area contributed by atoms with Crippen LogP contribution in [0.2, 0.25) is 0 Å². The van der Waals surface area contributed by atoms with Crippen molar-refractivity contribution in [2.24, 2.45) is 0 Å². The van der Waals surface area contributed by atoms with Crippen LogP contribution in [0.1, 0.15) is 35.9 Å². The lowest BCUT2D eigenvalue weighted by Gasteiger charge is -2.32. The molecule has 162 valence electrons. The van der Waals surface area contributed by atoms with Gasteiger partial charge in [-0.1, -0.05) is 11.3 Å². The topological polar surface area (TPSA) is 89.3 Å². The number of aromatic nitrogens is 3. The first-order chi connectivity index (χ1) is 14.2. The molecule has 1 atom stereocenters. The maximum Gasteiger partial charge on any atom is 0.435 e. The fourth-order valence-electron chi connectivity index (χ4n) is 3.24. The highest BCUT2D eigenvalue weighted by Gasteiger charge is 2.43. The lowest BCUT2D eigenvalue weighted by Crippen LogP contribution is -2.50. The summed E-state index contributed by atoms with van der Waals surface area (Å²) in [5.41, 5.74) is -2.49. The SMILES string of the molecule is CCOC(=O)NC1CCCN(C(=O)c2nnn(-c3cccc(F)c3)c2C(F)(F)F)C1. The molecule has 0 spiro atoms. The molecule has 1 aromatic heterocycles. The molecule has 2 amide bonds. The molecule has 8 nitrogen and oxygen atoms in total. The molecule has 1 unspecified atom stereocenters. The highest BCUT2D eigenvalue weighted by atomic mass is 19.4. The fourth-order valence-corrected chi connectivity index (χ4v) is 3.24. The second kappa shape index (κ2) is 8.67. The van der Waals surface area contributed by atoms with E-state index in [4.69, 9.17) is 4.74 Å². The van der Waals surface area contributed by atoms with Gasteiger partial charge in [-0.2, -0.15) is 13.2 Å². The minimum Gasteiger partial charge on any atom is -0.450 e. The largest absolute Gasteiger partial charge is 0.450 e. The van der Waals surface area contributed by atoms with Gasteiger partial charge in [-0.15, -0.1) is 5.10 Å². The zero-order valence-corrected chi connectivity index (χ0v) is 15.9. The molecule has 12 heteroatoms. The maximum atomic E-state index is 13.8. The Morgan fingerprint density at radius 3 is 2.77 bits per heavy atom. The van der Waals surface area contributed by atoms with Gasteiger partial charge in [-0.3, -0.25) is 4.79 Å². The number of nitrogens with zero attached hydrogens (tertiary/aromatic N) is 4. The summed E-state index contributed by atoms with van der Waals surface area (Å²) >= 11 is 0. The van der Waals surface area contributed by atoms with Crippen LogP contribution < -0.4 is 5.32 Å². The minimum absolute atomic E-state index is 0.00176. The Hall–Kier alpha value is -3.18. The quantitative estimate of drug-likeness (QED) is 0.755. The van der Waals surface area contributed by atoms with E-state index < -0.39 is 41.4 Å². The molecule has 3 rings (SSSR count). The molecule has 1 aromatic carbocycles. The number of hydrogen-bond donors (Lipinski definition) is 1. The van der Waals surface area contributed by atoms with E-state index in [0.717, 1.165) is 12.1 Å². The van der Waals surface area contributed by atoms with Gasteiger partial charge in [0.2, 0.25) is 0 Å². The predicted octanol–water partition coefficient (Wildman–Crippen LogP) is 2.78. The molecule has 1 N–H and O–H groups in total. The van der Waals surface area contributed by atoms with Crippen LogP contribution in [0, 0.1) is 5.82 Å². The molecular weight excluding hydrogens is 410 g/mol. The molecule has 2 aromatic rings. The van der Waals surface area contributed by atoms with E-state index in [1.807, 2.05) is 0 Å². The Labute approximate surface area is 168 Å². The second-order valence-electron chi connectivity index (χ2n) is 6.63. The third-order valence-corrected chi connectivity index (χ3v) is 4.50. The van der Waals surface area contributed by atoms with Crippen molar-refractivity contribution in [2.75, 3.05) is 19.7 Å². The van der Waals surface area contributed by atoms with Crippen LogP contribution in [0.5, 0.6) is 0 Å². The number of halogens is 4. The van der Waals surface area contributed by atoms with E-state index in [0.29, 0.717) is 17.5 Å². The number of rotatable bonds is 4. The van der Waals surface area contributed by atoms with Crippen LogP contribution in [0.25, 0.3) is 5.69 Å². The summed E-state index contributed by atoms with van der Waals surface area (Å²) in [4.78, 5) is 25.6. The fraction of sp³-hybridized carbons (Fsp3) is 0.444. The normalized spacial score (nSPS) is 17.0. The molecule has 0 radical (unpaired) electrons. The first-order valence-corrected chi connectivity index (χ1v) is 9.22. The number of alkyl carbamates (subject to hydrolysis) is 1. The number of amides is 2. The molecule has 0 aliphatic carbocycles.